The number of rotatable bonds is 10. The van der Waals surface area contributed by atoms with Gasteiger partial charge in [-0.25, -0.2) is 4.98 Å². The lowest BCUT2D eigenvalue weighted by atomic mass is 9.52. The van der Waals surface area contributed by atoms with Gasteiger partial charge in [0.1, 0.15) is 5.03 Å². The summed E-state index contributed by atoms with van der Waals surface area (Å²) in [5, 5.41) is 16.7. The van der Waals surface area contributed by atoms with E-state index in [0.29, 0.717) is 54.4 Å². The highest BCUT2D eigenvalue weighted by molar-refractivity contribution is 7.99. The van der Waals surface area contributed by atoms with E-state index in [4.69, 9.17) is 9.72 Å². The van der Waals surface area contributed by atoms with Gasteiger partial charge in [0.15, 0.2) is 0 Å². The van der Waals surface area contributed by atoms with E-state index in [1.807, 2.05) is 6.07 Å². The SMILES string of the molecule is CCCSc1nc([C@]2(CC(=O)O)CCNC2)ccc1C(=O)NC1C2CC3CC1CC(OC(F)F)(C3)C2. The minimum absolute atomic E-state index is 0.00847. The number of ether oxygens (including phenoxy) is 1. The Morgan fingerprint density at radius 3 is 2.64 bits per heavy atom. The molecule has 4 bridgehead atoms. The molecule has 5 fully saturated rings. The Morgan fingerprint density at radius 1 is 1.28 bits per heavy atom. The van der Waals surface area contributed by atoms with Crippen molar-refractivity contribution in [3.8, 4) is 0 Å². The van der Waals surface area contributed by atoms with Gasteiger partial charge >= 0.3 is 12.6 Å². The number of carbonyl (C=O) groups is 2. The minimum Gasteiger partial charge on any atom is -0.481 e. The number of carboxylic acids is 1. The Balaban J connectivity index is 1.37. The second-order valence-corrected chi connectivity index (χ2v) is 12.3. The molecular formula is C26H35F2N3O4S. The fraction of sp³-hybridized carbons (Fsp3) is 0.731. The molecule has 3 atom stereocenters. The molecule has 198 valence electrons. The zero-order valence-corrected chi connectivity index (χ0v) is 21.4. The lowest BCUT2D eigenvalue weighted by Crippen LogP contribution is -2.62. The van der Waals surface area contributed by atoms with Crippen LogP contribution in [0.2, 0.25) is 0 Å². The highest BCUT2D eigenvalue weighted by Crippen LogP contribution is 2.57. The van der Waals surface area contributed by atoms with Crippen molar-refractivity contribution in [2.75, 3.05) is 18.8 Å². The van der Waals surface area contributed by atoms with Crippen molar-refractivity contribution in [3.05, 3.63) is 23.4 Å². The van der Waals surface area contributed by atoms with E-state index in [0.717, 1.165) is 31.6 Å². The van der Waals surface area contributed by atoms with Crippen molar-refractivity contribution in [1.29, 1.82) is 0 Å². The predicted molar refractivity (Wildman–Crippen MR) is 131 cm³/mol. The molecule has 2 heterocycles. The number of hydrogen-bond donors (Lipinski definition) is 3. The smallest absolute Gasteiger partial charge is 0.345 e. The zero-order valence-electron chi connectivity index (χ0n) is 20.6. The molecule has 5 aliphatic rings. The molecule has 7 nitrogen and oxygen atoms in total. The molecule has 1 aliphatic heterocycles. The number of pyridine rings is 1. The van der Waals surface area contributed by atoms with Crippen LogP contribution in [0.3, 0.4) is 0 Å². The van der Waals surface area contributed by atoms with Crippen molar-refractivity contribution in [2.24, 2.45) is 17.8 Å². The predicted octanol–water partition coefficient (Wildman–Crippen LogP) is 4.21. The van der Waals surface area contributed by atoms with E-state index in [1.54, 1.807) is 6.07 Å². The van der Waals surface area contributed by atoms with Crippen molar-refractivity contribution in [1.82, 2.24) is 15.6 Å². The second kappa shape index (κ2) is 10.2. The van der Waals surface area contributed by atoms with Gasteiger partial charge in [-0.1, -0.05) is 6.92 Å². The van der Waals surface area contributed by atoms with Gasteiger partial charge < -0.3 is 20.5 Å². The summed E-state index contributed by atoms with van der Waals surface area (Å²) < 4.78 is 31.4. The molecule has 1 saturated heterocycles. The average molecular weight is 524 g/mol. The molecule has 10 heteroatoms. The second-order valence-electron chi connectivity index (χ2n) is 11.2. The Labute approximate surface area is 214 Å². The van der Waals surface area contributed by atoms with Crippen molar-refractivity contribution < 1.29 is 28.2 Å². The summed E-state index contributed by atoms with van der Waals surface area (Å²) in [5.41, 5.74) is -0.111. The van der Waals surface area contributed by atoms with Crippen LogP contribution in [0.1, 0.15) is 74.3 Å². The first-order valence-corrected chi connectivity index (χ1v) is 14.0. The van der Waals surface area contributed by atoms with Crippen LogP contribution in [0.25, 0.3) is 0 Å². The number of halogens is 2. The molecule has 4 aliphatic carbocycles. The minimum atomic E-state index is -2.77. The maximum absolute atomic E-state index is 13.5. The molecule has 2 unspecified atom stereocenters. The summed E-state index contributed by atoms with van der Waals surface area (Å²) in [4.78, 5) is 30.0. The van der Waals surface area contributed by atoms with Crippen LogP contribution in [-0.4, -0.2) is 59.1 Å². The molecule has 1 amide bonds. The van der Waals surface area contributed by atoms with Gasteiger partial charge in [0.25, 0.3) is 5.91 Å². The zero-order chi connectivity index (χ0) is 25.5. The van der Waals surface area contributed by atoms with Crippen molar-refractivity contribution >= 4 is 23.6 Å². The monoisotopic (exact) mass is 523 g/mol. The van der Waals surface area contributed by atoms with Gasteiger partial charge in [0.05, 0.1) is 17.6 Å². The van der Waals surface area contributed by atoms with E-state index < -0.39 is 23.6 Å². The van der Waals surface area contributed by atoms with Gasteiger partial charge in [0.2, 0.25) is 0 Å². The Kier molecular flexibility index (Phi) is 7.31. The molecular weight excluding hydrogens is 488 g/mol. The maximum Gasteiger partial charge on any atom is 0.345 e. The molecule has 1 aromatic heterocycles. The summed E-state index contributed by atoms with van der Waals surface area (Å²) in [7, 11) is 0. The van der Waals surface area contributed by atoms with Crippen LogP contribution < -0.4 is 10.6 Å². The largest absolute Gasteiger partial charge is 0.481 e. The normalized spacial score (nSPS) is 34.9. The van der Waals surface area contributed by atoms with Gasteiger partial charge in [-0.3, -0.25) is 9.59 Å². The highest BCUT2D eigenvalue weighted by Gasteiger charge is 2.57. The standard InChI is InChI=1S/C26H35F2N3O4S/c1-2-7-36-23-18(3-4-19(30-23)25(13-20(32)33)5-6-29-14-25)22(34)31-21-16-8-15-9-17(21)12-26(10-15,11-16)35-24(27)28/h3-4,15-17,21,24,29H,2,5-14H2,1H3,(H,31,34)(H,32,33)/t15?,16?,17?,21?,25-,26?/m0/s1. The summed E-state index contributed by atoms with van der Waals surface area (Å²) in [5.74, 6) is 0.413. The number of amides is 1. The van der Waals surface area contributed by atoms with Gasteiger partial charge in [-0.05, 0) is 87.1 Å². The van der Waals surface area contributed by atoms with Crippen molar-refractivity contribution in [2.45, 2.75) is 87.0 Å². The number of thioether (sulfide) groups is 1. The molecule has 6 rings (SSSR count). The van der Waals surface area contributed by atoms with E-state index >= 15 is 0 Å². The number of hydrogen-bond acceptors (Lipinski definition) is 6. The number of nitrogens with zero attached hydrogens (tertiary/aromatic N) is 1. The summed E-state index contributed by atoms with van der Waals surface area (Å²) in [6, 6.07) is 3.54. The Morgan fingerprint density at radius 2 is 2.03 bits per heavy atom. The van der Waals surface area contributed by atoms with Gasteiger partial charge in [-0.15, -0.1) is 11.8 Å². The highest BCUT2D eigenvalue weighted by atomic mass is 32.2. The van der Waals surface area contributed by atoms with Crippen LogP contribution in [0, 0.1) is 17.8 Å². The molecule has 36 heavy (non-hydrogen) atoms. The topological polar surface area (TPSA) is 101 Å². The third kappa shape index (κ3) is 5.00. The van der Waals surface area contributed by atoms with E-state index in [-0.39, 0.29) is 30.2 Å². The average Bonchev–Trinajstić information content (AvgIpc) is 3.27. The van der Waals surface area contributed by atoms with E-state index in [1.165, 1.54) is 11.8 Å². The van der Waals surface area contributed by atoms with E-state index in [2.05, 4.69) is 17.6 Å². The molecule has 3 N–H and O–H groups in total. The molecule has 0 spiro atoms. The summed E-state index contributed by atoms with van der Waals surface area (Å²) in [6.07, 6.45) is 5.30. The third-order valence-corrected chi connectivity index (χ3v) is 9.88. The van der Waals surface area contributed by atoms with Crippen LogP contribution in [0.5, 0.6) is 0 Å². The number of carboxylic acid groups (broad SMARTS) is 1. The van der Waals surface area contributed by atoms with Crippen LogP contribution in [0.15, 0.2) is 17.2 Å². The number of aliphatic carboxylic acids is 1. The fourth-order valence-electron chi connectivity index (χ4n) is 7.46. The van der Waals surface area contributed by atoms with Crippen LogP contribution >= 0.6 is 11.8 Å². The quantitative estimate of drug-likeness (QED) is 0.395. The number of carbonyl (C=O) groups excluding carboxylic acids is 1. The third-order valence-electron chi connectivity index (χ3n) is 8.68. The first-order valence-electron chi connectivity index (χ1n) is 13.1. The molecule has 1 aromatic rings. The summed E-state index contributed by atoms with van der Waals surface area (Å²) >= 11 is 1.52. The lowest BCUT2D eigenvalue weighted by molar-refractivity contribution is -0.260. The molecule has 4 saturated carbocycles. The number of aromatic nitrogens is 1. The Hall–Kier alpha value is -1.78. The lowest BCUT2D eigenvalue weighted by Gasteiger charge is -2.59. The van der Waals surface area contributed by atoms with Gasteiger partial charge in [-0.2, -0.15) is 8.78 Å². The van der Waals surface area contributed by atoms with Crippen LogP contribution in [0.4, 0.5) is 8.78 Å². The molecule has 0 radical (unpaired) electrons. The number of alkyl halides is 2. The van der Waals surface area contributed by atoms with Gasteiger partial charge in [0, 0.05) is 23.7 Å². The number of nitrogens with one attached hydrogen (secondary N) is 2. The van der Waals surface area contributed by atoms with E-state index in [9.17, 15) is 23.5 Å². The molecule has 0 aromatic carbocycles. The first-order chi connectivity index (χ1) is 17.2. The van der Waals surface area contributed by atoms with Crippen molar-refractivity contribution in [3.63, 3.8) is 0 Å². The van der Waals surface area contributed by atoms with Crippen LogP contribution in [-0.2, 0) is 14.9 Å². The summed E-state index contributed by atoms with van der Waals surface area (Å²) in [6.45, 7) is 0.577. The Bertz CT molecular complexity index is 983. The maximum atomic E-state index is 13.5. The first kappa shape index (κ1) is 25.9. The fourth-order valence-corrected chi connectivity index (χ4v) is 8.34.